The fourth-order valence-electron chi connectivity index (χ4n) is 3.88. The molecule has 0 aliphatic carbocycles. The van der Waals surface area contributed by atoms with Gasteiger partial charge in [-0.15, -0.1) is 0 Å². The predicted octanol–water partition coefficient (Wildman–Crippen LogP) is 1.29. The Hall–Kier alpha value is -2.87. The van der Waals surface area contributed by atoms with E-state index in [2.05, 4.69) is 28.9 Å². The maximum atomic E-state index is 12.5. The van der Waals surface area contributed by atoms with Gasteiger partial charge in [0.25, 0.3) is 5.56 Å². The van der Waals surface area contributed by atoms with Gasteiger partial charge in [-0.2, -0.15) is 0 Å². The third-order valence-corrected chi connectivity index (χ3v) is 5.73. The summed E-state index contributed by atoms with van der Waals surface area (Å²) >= 11 is 0. The molecule has 0 bridgehead atoms. The van der Waals surface area contributed by atoms with Crippen LogP contribution < -0.4 is 16.0 Å². The maximum Gasteiger partial charge on any atom is 0.332 e. The van der Waals surface area contributed by atoms with E-state index in [1.165, 1.54) is 17.2 Å². The van der Waals surface area contributed by atoms with Gasteiger partial charge in [0.05, 0.1) is 6.33 Å². The van der Waals surface area contributed by atoms with Gasteiger partial charge in [0.2, 0.25) is 0 Å². The molecule has 2 aromatic heterocycles. The van der Waals surface area contributed by atoms with Crippen LogP contribution in [-0.4, -0.2) is 49.3 Å². The van der Waals surface area contributed by atoms with Crippen molar-refractivity contribution in [2.75, 3.05) is 19.6 Å². The quantitative estimate of drug-likeness (QED) is 0.649. The molecule has 8 heteroatoms. The second-order valence-corrected chi connectivity index (χ2v) is 7.79. The molecule has 0 radical (unpaired) electrons. The van der Waals surface area contributed by atoms with E-state index >= 15 is 0 Å². The van der Waals surface area contributed by atoms with E-state index in [4.69, 9.17) is 4.74 Å². The van der Waals surface area contributed by atoms with Crippen LogP contribution in [0, 0.1) is 6.92 Å². The summed E-state index contributed by atoms with van der Waals surface area (Å²) in [5.74, 6) is 0.931. The summed E-state index contributed by atoms with van der Waals surface area (Å²) in [5.41, 5.74) is 1.48. The SMILES string of the molecule is Cc1ccc(OC2CCN(CCn3cnc4c3c(=O)n(C)c(=O)n4C)CC2)cc1. The topological polar surface area (TPSA) is 74.3 Å². The molecule has 0 spiro atoms. The molecule has 3 aromatic rings. The summed E-state index contributed by atoms with van der Waals surface area (Å²) in [6.07, 6.45) is 3.85. The van der Waals surface area contributed by atoms with Gasteiger partial charge in [-0.3, -0.25) is 13.9 Å². The van der Waals surface area contributed by atoms with Crippen LogP contribution in [0.2, 0.25) is 0 Å². The zero-order valence-electron chi connectivity index (χ0n) is 17.2. The summed E-state index contributed by atoms with van der Waals surface area (Å²) in [6, 6.07) is 8.19. The molecule has 0 atom stereocenters. The molecule has 0 saturated carbocycles. The van der Waals surface area contributed by atoms with Crippen LogP contribution in [0.5, 0.6) is 5.75 Å². The number of benzene rings is 1. The lowest BCUT2D eigenvalue weighted by Gasteiger charge is -2.32. The monoisotopic (exact) mass is 397 g/mol. The number of piperidine rings is 1. The number of likely N-dealkylation sites (tertiary alicyclic amines) is 1. The Morgan fingerprint density at radius 1 is 1.03 bits per heavy atom. The highest BCUT2D eigenvalue weighted by molar-refractivity contribution is 5.69. The lowest BCUT2D eigenvalue weighted by Crippen LogP contribution is -2.40. The molecular formula is C21H27N5O3. The van der Waals surface area contributed by atoms with E-state index in [1.807, 2.05) is 16.7 Å². The molecule has 1 saturated heterocycles. The molecule has 8 nitrogen and oxygen atoms in total. The van der Waals surface area contributed by atoms with Crippen molar-refractivity contribution in [1.82, 2.24) is 23.6 Å². The number of aryl methyl sites for hydroxylation is 2. The first-order chi connectivity index (χ1) is 13.9. The summed E-state index contributed by atoms with van der Waals surface area (Å²) in [4.78, 5) is 31.2. The number of rotatable bonds is 5. The van der Waals surface area contributed by atoms with Crippen molar-refractivity contribution >= 4 is 11.2 Å². The molecular weight excluding hydrogens is 370 g/mol. The lowest BCUT2D eigenvalue weighted by atomic mass is 10.1. The van der Waals surface area contributed by atoms with Gasteiger partial charge in [0.1, 0.15) is 11.9 Å². The molecule has 1 aliphatic rings. The predicted molar refractivity (Wildman–Crippen MR) is 111 cm³/mol. The van der Waals surface area contributed by atoms with Crippen LogP contribution in [0.4, 0.5) is 0 Å². The maximum absolute atomic E-state index is 12.5. The Morgan fingerprint density at radius 2 is 1.72 bits per heavy atom. The van der Waals surface area contributed by atoms with Gasteiger partial charge < -0.3 is 14.2 Å². The van der Waals surface area contributed by atoms with E-state index in [9.17, 15) is 9.59 Å². The van der Waals surface area contributed by atoms with E-state index in [0.717, 1.165) is 42.8 Å². The van der Waals surface area contributed by atoms with Gasteiger partial charge in [0, 0.05) is 40.3 Å². The highest BCUT2D eigenvalue weighted by Crippen LogP contribution is 2.19. The number of aromatic nitrogens is 4. The van der Waals surface area contributed by atoms with Crippen molar-refractivity contribution in [3.05, 3.63) is 57.0 Å². The van der Waals surface area contributed by atoms with Crippen LogP contribution in [0.15, 0.2) is 40.2 Å². The molecule has 0 unspecified atom stereocenters. The largest absolute Gasteiger partial charge is 0.490 e. The molecule has 1 fully saturated rings. The fraction of sp³-hybridized carbons (Fsp3) is 0.476. The minimum Gasteiger partial charge on any atom is -0.490 e. The second-order valence-electron chi connectivity index (χ2n) is 7.79. The molecule has 4 rings (SSSR count). The van der Waals surface area contributed by atoms with Crippen molar-refractivity contribution in [1.29, 1.82) is 0 Å². The minimum atomic E-state index is -0.358. The van der Waals surface area contributed by atoms with Crippen molar-refractivity contribution in [3.8, 4) is 5.75 Å². The average Bonchev–Trinajstić information content (AvgIpc) is 3.16. The molecule has 29 heavy (non-hydrogen) atoms. The van der Waals surface area contributed by atoms with Gasteiger partial charge in [-0.05, 0) is 31.9 Å². The second kappa shape index (κ2) is 7.87. The third kappa shape index (κ3) is 3.85. The number of fused-ring (bicyclic) bond motifs is 1. The van der Waals surface area contributed by atoms with Crippen molar-refractivity contribution in [2.45, 2.75) is 32.4 Å². The molecule has 1 aromatic carbocycles. The smallest absolute Gasteiger partial charge is 0.332 e. The highest BCUT2D eigenvalue weighted by Gasteiger charge is 2.21. The van der Waals surface area contributed by atoms with Crippen LogP contribution in [0.3, 0.4) is 0 Å². The third-order valence-electron chi connectivity index (χ3n) is 5.73. The van der Waals surface area contributed by atoms with E-state index < -0.39 is 0 Å². The number of ether oxygens (including phenoxy) is 1. The van der Waals surface area contributed by atoms with Gasteiger partial charge in [-0.25, -0.2) is 9.78 Å². The number of hydrogen-bond donors (Lipinski definition) is 0. The Kier molecular flexibility index (Phi) is 5.27. The Bertz CT molecular complexity index is 1120. The lowest BCUT2D eigenvalue weighted by molar-refractivity contribution is 0.0987. The van der Waals surface area contributed by atoms with Gasteiger partial charge in [-0.1, -0.05) is 17.7 Å². The number of nitrogens with zero attached hydrogens (tertiary/aromatic N) is 5. The van der Waals surface area contributed by atoms with Gasteiger partial charge >= 0.3 is 5.69 Å². The normalized spacial score (nSPS) is 15.8. The van der Waals surface area contributed by atoms with Gasteiger partial charge in [0.15, 0.2) is 11.2 Å². The first-order valence-corrected chi connectivity index (χ1v) is 10.0. The average molecular weight is 397 g/mol. The van der Waals surface area contributed by atoms with Crippen LogP contribution >= 0.6 is 0 Å². The highest BCUT2D eigenvalue weighted by atomic mass is 16.5. The Morgan fingerprint density at radius 3 is 2.41 bits per heavy atom. The standard InChI is InChI=1S/C21H27N5O3/c1-15-4-6-16(7-5-15)29-17-8-10-25(11-9-17)12-13-26-14-22-19-18(26)20(27)24(3)21(28)23(19)2/h4-7,14,17H,8-13H2,1-3H3. The molecule has 154 valence electrons. The van der Waals surface area contributed by atoms with E-state index in [1.54, 1.807) is 13.4 Å². The zero-order chi connectivity index (χ0) is 20.5. The molecule has 1 aliphatic heterocycles. The van der Waals surface area contributed by atoms with E-state index in [0.29, 0.717) is 17.7 Å². The Balaban J connectivity index is 1.37. The van der Waals surface area contributed by atoms with Crippen molar-refractivity contribution in [2.24, 2.45) is 14.1 Å². The van der Waals surface area contributed by atoms with Crippen LogP contribution in [0.1, 0.15) is 18.4 Å². The number of imidazole rings is 1. The summed E-state index contributed by atoms with van der Waals surface area (Å²) < 4.78 is 10.5. The molecule has 0 amide bonds. The fourth-order valence-corrected chi connectivity index (χ4v) is 3.88. The first kappa shape index (κ1) is 19.4. The number of hydrogen-bond acceptors (Lipinski definition) is 5. The molecule has 3 heterocycles. The molecule has 0 N–H and O–H groups in total. The summed E-state index contributed by atoms with van der Waals surface area (Å²) in [5, 5.41) is 0. The summed E-state index contributed by atoms with van der Waals surface area (Å²) in [7, 11) is 3.14. The minimum absolute atomic E-state index is 0.241. The first-order valence-electron chi connectivity index (χ1n) is 10.0. The van der Waals surface area contributed by atoms with Crippen molar-refractivity contribution in [3.63, 3.8) is 0 Å². The Labute approximate surface area is 169 Å². The van der Waals surface area contributed by atoms with E-state index in [-0.39, 0.29) is 17.4 Å². The zero-order valence-corrected chi connectivity index (χ0v) is 17.2. The van der Waals surface area contributed by atoms with Crippen LogP contribution in [-0.2, 0) is 20.6 Å². The summed E-state index contributed by atoms with van der Waals surface area (Å²) in [6.45, 7) is 5.47. The van der Waals surface area contributed by atoms with Crippen molar-refractivity contribution < 1.29 is 4.74 Å². The van der Waals surface area contributed by atoms with Crippen LogP contribution in [0.25, 0.3) is 11.2 Å².